The van der Waals surface area contributed by atoms with Gasteiger partial charge in [-0.1, -0.05) is 152 Å². The molecule has 0 spiro atoms. The van der Waals surface area contributed by atoms with E-state index in [2.05, 4.69) is 132 Å². The third-order valence-electron chi connectivity index (χ3n) is 9.23. The first kappa shape index (κ1) is 29.4. The monoisotopic (exact) mass is 641 g/mol. The Morgan fingerprint density at radius 2 is 1.10 bits per heavy atom. The van der Waals surface area contributed by atoms with Gasteiger partial charge in [0.05, 0.1) is 11.2 Å². The Morgan fingerprint density at radius 3 is 1.82 bits per heavy atom. The number of amidine groups is 2. The van der Waals surface area contributed by atoms with Crippen LogP contribution in [0, 0.1) is 0 Å². The van der Waals surface area contributed by atoms with Crippen molar-refractivity contribution in [3.8, 4) is 33.5 Å². The molecule has 5 nitrogen and oxygen atoms in total. The SMILES string of the molecule is c1ccc(C2=NC(c3ccc(-c4cccc5c4nc(-c4cccnc4)c4cccc(-c6ccccc6)c45)cc3)=NC(c3ccccc3)N2)cc1. The standard InChI is InChI=1S/C45H31N5/c1-4-13-30(14-5-1)36-20-10-22-38-40(36)39-23-11-21-37(42(39)47-41(38)35-19-12-28-46-29-35)31-24-26-34(27-25-31)45-49-43(32-15-6-2-7-16-32)48-44(50-45)33-17-8-3-9-18-33/h1-29,43H,(H,48,49,50). The maximum Gasteiger partial charge on any atom is 0.159 e. The van der Waals surface area contributed by atoms with Crippen molar-refractivity contribution < 1.29 is 0 Å². The Kier molecular flexibility index (Phi) is 7.48. The highest BCUT2D eigenvalue weighted by atomic mass is 15.2. The minimum absolute atomic E-state index is 0.251. The van der Waals surface area contributed by atoms with Gasteiger partial charge in [-0.3, -0.25) is 4.98 Å². The van der Waals surface area contributed by atoms with Crippen molar-refractivity contribution in [1.29, 1.82) is 0 Å². The van der Waals surface area contributed by atoms with E-state index in [1.165, 1.54) is 16.5 Å². The number of nitrogens with zero attached hydrogens (tertiary/aromatic N) is 4. The first-order chi connectivity index (χ1) is 24.8. The van der Waals surface area contributed by atoms with E-state index < -0.39 is 0 Å². The van der Waals surface area contributed by atoms with Crippen LogP contribution in [0.3, 0.4) is 0 Å². The highest BCUT2D eigenvalue weighted by Crippen LogP contribution is 2.41. The number of hydrogen-bond donors (Lipinski definition) is 1. The van der Waals surface area contributed by atoms with Crippen LogP contribution >= 0.6 is 0 Å². The van der Waals surface area contributed by atoms with Crippen molar-refractivity contribution in [2.24, 2.45) is 9.98 Å². The van der Waals surface area contributed by atoms with Crippen LogP contribution in [-0.4, -0.2) is 21.6 Å². The predicted octanol–water partition coefficient (Wildman–Crippen LogP) is 10.3. The minimum atomic E-state index is -0.251. The van der Waals surface area contributed by atoms with E-state index >= 15 is 0 Å². The molecule has 1 aliphatic heterocycles. The number of fused-ring (bicyclic) bond motifs is 3. The van der Waals surface area contributed by atoms with Crippen LogP contribution in [0.1, 0.15) is 22.9 Å². The second-order valence-corrected chi connectivity index (χ2v) is 12.3. The summed E-state index contributed by atoms with van der Waals surface area (Å²) in [5.74, 6) is 1.49. The summed E-state index contributed by atoms with van der Waals surface area (Å²) >= 11 is 0. The Hall–Kier alpha value is -6.72. The van der Waals surface area contributed by atoms with E-state index in [1.54, 1.807) is 6.20 Å². The molecule has 6 aromatic carbocycles. The van der Waals surface area contributed by atoms with E-state index in [0.29, 0.717) is 5.84 Å². The lowest BCUT2D eigenvalue weighted by Crippen LogP contribution is -2.33. The average molecular weight is 642 g/mol. The molecule has 0 amide bonds. The van der Waals surface area contributed by atoms with Crippen molar-refractivity contribution in [3.05, 3.63) is 193 Å². The van der Waals surface area contributed by atoms with E-state index in [4.69, 9.17) is 15.0 Å². The van der Waals surface area contributed by atoms with E-state index in [1.807, 2.05) is 48.7 Å². The van der Waals surface area contributed by atoms with Gasteiger partial charge < -0.3 is 5.32 Å². The molecule has 0 bridgehead atoms. The quantitative estimate of drug-likeness (QED) is 0.184. The van der Waals surface area contributed by atoms with Gasteiger partial charge in [0.15, 0.2) is 5.84 Å². The van der Waals surface area contributed by atoms with Crippen LogP contribution in [0.2, 0.25) is 0 Å². The summed E-state index contributed by atoms with van der Waals surface area (Å²) in [7, 11) is 0. The van der Waals surface area contributed by atoms with Gasteiger partial charge in [0.25, 0.3) is 0 Å². The Bertz CT molecular complexity index is 2530. The Labute approximate surface area is 290 Å². The van der Waals surface area contributed by atoms with Crippen LogP contribution in [-0.2, 0) is 0 Å². The Morgan fingerprint density at radius 1 is 0.480 bits per heavy atom. The van der Waals surface area contributed by atoms with Gasteiger partial charge in [0.1, 0.15) is 12.0 Å². The summed E-state index contributed by atoms with van der Waals surface area (Å²) in [4.78, 5) is 19.9. The number of rotatable bonds is 6. The lowest BCUT2D eigenvalue weighted by Gasteiger charge is -2.23. The summed E-state index contributed by atoms with van der Waals surface area (Å²) in [6, 6.07) is 56.7. The van der Waals surface area contributed by atoms with E-state index in [9.17, 15) is 0 Å². The molecule has 236 valence electrons. The highest BCUT2D eigenvalue weighted by Gasteiger charge is 2.21. The zero-order valence-electron chi connectivity index (χ0n) is 27.1. The first-order valence-corrected chi connectivity index (χ1v) is 16.8. The maximum atomic E-state index is 5.39. The van der Waals surface area contributed by atoms with Crippen LogP contribution < -0.4 is 5.32 Å². The molecule has 9 rings (SSSR count). The second-order valence-electron chi connectivity index (χ2n) is 12.3. The summed E-state index contributed by atoms with van der Waals surface area (Å²) in [6.07, 6.45) is 3.45. The number of nitrogens with one attached hydrogen (secondary N) is 1. The molecule has 8 aromatic rings. The summed E-state index contributed by atoms with van der Waals surface area (Å²) < 4.78 is 0. The van der Waals surface area contributed by atoms with Gasteiger partial charge in [0, 0.05) is 50.8 Å². The van der Waals surface area contributed by atoms with Gasteiger partial charge in [0.2, 0.25) is 0 Å². The van der Waals surface area contributed by atoms with Gasteiger partial charge in [-0.2, -0.15) is 0 Å². The molecule has 0 saturated heterocycles. The highest BCUT2D eigenvalue weighted by molar-refractivity contribution is 6.19. The zero-order chi connectivity index (χ0) is 33.3. The summed E-state index contributed by atoms with van der Waals surface area (Å²) in [6.45, 7) is 0. The Balaban J connectivity index is 1.19. The smallest absolute Gasteiger partial charge is 0.159 e. The van der Waals surface area contributed by atoms with Gasteiger partial charge in [-0.05, 0) is 34.4 Å². The normalized spacial score (nSPS) is 14.2. The molecule has 1 unspecified atom stereocenters. The van der Waals surface area contributed by atoms with Crippen LogP contribution in [0.25, 0.3) is 55.2 Å². The summed E-state index contributed by atoms with van der Waals surface area (Å²) in [5, 5.41) is 6.93. The van der Waals surface area contributed by atoms with Gasteiger partial charge >= 0.3 is 0 Å². The summed E-state index contributed by atoms with van der Waals surface area (Å²) in [5.41, 5.74) is 10.4. The molecule has 1 aliphatic rings. The topological polar surface area (TPSA) is 62.5 Å². The largest absolute Gasteiger partial charge is 0.344 e. The van der Waals surface area contributed by atoms with Crippen molar-refractivity contribution in [2.75, 3.05) is 0 Å². The van der Waals surface area contributed by atoms with E-state index in [0.717, 1.165) is 61.2 Å². The molecule has 0 radical (unpaired) electrons. The first-order valence-electron chi connectivity index (χ1n) is 16.8. The molecule has 0 saturated carbocycles. The fraction of sp³-hybridized carbons (Fsp3) is 0.0222. The average Bonchev–Trinajstić information content (AvgIpc) is 3.21. The van der Waals surface area contributed by atoms with Crippen molar-refractivity contribution >= 4 is 33.3 Å². The number of aliphatic imine (C=N–C) groups is 2. The number of aromatic nitrogens is 2. The third-order valence-corrected chi connectivity index (χ3v) is 9.23. The fourth-order valence-corrected chi connectivity index (χ4v) is 6.82. The van der Waals surface area contributed by atoms with E-state index in [-0.39, 0.29) is 6.17 Å². The fourth-order valence-electron chi connectivity index (χ4n) is 6.82. The van der Waals surface area contributed by atoms with Crippen molar-refractivity contribution in [1.82, 2.24) is 15.3 Å². The minimum Gasteiger partial charge on any atom is -0.344 e. The maximum absolute atomic E-state index is 5.39. The molecule has 3 heterocycles. The lowest BCUT2D eigenvalue weighted by atomic mass is 9.91. The third kappa shape index (κ3) is 5.41. The van der Waals surface area contributed by atoms with Crippen LogP contribution in [0.15, 0.2) is 186 Å². The zero-order valence-corrected chi connectivity index (χ0v) is 27.1. The lowest BCUT2D eigenvalue weighted by molar-refractivity contribution is 0.674. The molecule has 1 N–H and O–H groups in total. The second kappa shape index (κ2) is 12.7. The van der Waals surface area contributed by atoms with Crippen LogP contribution in [0.5, 0.6) is 0 Å². The molecular weight excluding hydrogens is 611 g/mol. The van der Waals surface area contributed by atoms with Crippen molar-refractivity contribution in [2.45, 2.75) is 6.17 Å². The molecule has 2 aromatic heterocycles. The molecule has 50 heavy (non-hydrogen) atoms. The number of para-hydroxylation sites is 1. The van der Waals surface area contributed by atoms with Gasteiger partial charge in [-0.25, -0.2) is 15.0 Å². The molecule has 5 heteroatoms. The molecule has 0 aliphatic carbocycles. The van der Waals surface area contributed by atoms with Gasteiger partial charge in [-0.15, -0.1) is 0 Å². The number of pyridine rings is 2. The number of benzene rings is 6. The van der Waals surface area contributed by atoms with Crippen LogP contribution in [0.4, 0.5) is 0 Å². The number of hydrogen-bond acceptors (Lipinski definition) is 5. The predicted molar refractivity (Wildman–Crippen MR) is 205 cm³/mol. The molecule has 1 atom stereocenters. The molecule has 0 fully saturated rings. The van der Waals surface area contributed by atoms with Crippen molar-refractivity contribution in [3.63, 3.8) is 0 Å². The molecular formula is C45H31N5.